The highest BCUT2D eigenvalue weighted by Gasteiger charge is 2.07. The van der Waals surface area contributed by atoms with Gasteiger partial charge in [-0.3, -0.25) is 20.4 Å². The molecule has 0 heterocycles. The molecule has 0 radical (unpaired) electrons. The Bertz CT molecular complexity index is 688. The van der Waals surface area contributed by atoms with Crippen molar-refractivity contribution in [1.82, 2.24) is 10.9 Å². The molecule has 0 aromatic heterocycles. The molecule has 2 aromatic carbocycles. The molecule has 5 nitrogen and oxygen atoms in total. The van der Waals surface area contributed by atoms with Gasteiger partial charge in [-0.25, -0.2) is 8.78 Å². The number of ether oxygens (including phenoxy) is 1. The molecule has 2 rings (SSSR count). The lowest BCUT2D eigenvalue weighted by atomic mass is 10.2. The minimum absolute atomic E-state index is 0.144. The molecule has 0 spiro atoms. The molecule has 2 aromatic rings. The molecular formula is C17H16F2N2O3. The SMILES string of the molecule is O=C(CCCOc1ccc(F)cc1)NNC(=O)c1ccc(F)cc1. The fourth-order valence-electron chi connectivity index (χ4n) is 1.82. The summed E-state index contributed by atoms with van der Waals surface area (Å²) in [5.41, 5.74) is 4.74. The largest absolute Gasteiger partial charge is 0.494 e. The first-order valence-electron chi connectivity index (χ1n) is 7.28. The van der Waals surface area contributed by atoms with E-state index in [9.17, 15) is 18.4 Å². The molecule has 2 N–H and O–H groups in total. The molecule has 0 unspecified atom stereocenters. The van der Waals surface area contributed by atoms with Crippen LogP contribution in [0.4, 0.5) is 8.78 Å². The van der Waals surface area contributed by atoms with Crippen LogP contribution < -0.4 is 15.6 Å². The highest BCUT2D eigenvalue weighted by atomic mass is 19.1. The van der Waals surface area contributed by atoms with E-state index in [1.807, 2.05) is 0 Å². The van der Waals surface area contributed by atoms with Crippen LogP contribution in [-0.2, 0) is 4.79 Å². The molecule has 2 amide bonds. The molecule has 0 bridgehead atoms. The zero-order valence-electron chi connectivity index (χ0n) is 12.7. The Kier molecular flexibility index (Phi) is 6.24. The van der Waals surface area contributed by atoms with Crippen LogP contribution in [0.15, 0.2) is 48.5 Å². The van der Waals surface area contributed by atoms with E-state index < -0.39 is 11.7 Å². The lowest BCUT2D eigenvalue weighted by molar-refractivity contribution is -0.122. The van der Waals surface area contributed by atoms with Crippen molar-refractivity contribution in [3.05, 3.63) is 65.7 Å². The summed E-state index contributed by atoms with van der Waals surface area (Å²) in [5.74, 6) is -1.20. The van der Waals surface area contributed by atoms with E-state index in [2.05, 4.69) is 10.9 Å². The Morgan fingerprint density at radius 1 is 0.875 bits per heavy atom. The van der Waals surface area contributed by atoms with Gasteiger partial charge >= 0.3 is 0 Å². The summed E-state index contributed by atoms with van der Waals surface area (Å²) in [7, 11) is 0. The molecule has 0 saturated carbocycles. The number of nitrogens with one attached hydrogen (secondary N) is 2. The van der Waals surface area contributed by atoms with E-state index >= 15 is 0 Å². The van der Waals surface area contributed by atoms with Gasteiger partial charge in [0.05, 0.1) is 6.61 Å². The van der Waals surface area contributed by atoms with Gasteiger partial charge in [0.15, 0.2) is 0 Å². The average molecular weight is 334 g/mol. The minimum Gasteiger partial charge on any atom is -0.494 e. The summed E-state index contributed by atoms with van der Waals surface area (Å²) in [6.07, 6.45) is 0.570. The zero-order valence-corrected chi connectivity index (χ0v) is 12.7. The van der Waals surface area contributed by atoms with Crippen molar-refractivity contribution in [2.75, 3.05) is 6.61 Å². The Labute approximate surface area is 137 Å². The van der Waals surface area contributed by atoms with Crippen molar-refractivity contribution in [2.24, 2.45) is 0 Å². The molecule has 7 heteroatoms. The van der Waals surface area contributed by atoms with Gasteiger partial charge in [-0.2, -0.15) is 0 Å². The highest BCUT2D eigenvalue weighted by molar-refractivity contribution is 5.95. The summed E-state index contributed by atoms with van der Waals surface area (Å²) in [6.45, 7) is 0.283. The van der Waals surface area contributed by atoms with E-state index in [-0.39, 0.29) is 30.3 Å². The number of carbonyl (C=O) groups excluding carboxylic acids is 2. The van der Waals surface area contributed by atoms with Crippen molar-refractivity contribution in [3.63, 3.8) is 0 Å². The van der Waals surface area contributed by atoms with Gasteiger partial charge in [0, 0.05) is 12.0 Å². The van der Waals surface area contributed by atoms with Gasteiger partial charge < -0.3 is 4.74 Å². The number of amides is 2. The molecule has 24 heavy (non-hydrogen) atoms. The number of hydrogen-bond donors (Lipinski definition) is 2. The molecule has 0 aliphatic heterocycles. The summed E-state index contributed by atoms with van der Waals surface area (Å²) < 4.78 is 30.8. The van der Waals surface area contributed by atoms with Crippen LogP contribution in [-0.4, -0.2) is 18.4 Å². The predicted molar refractivity (Wildman–Crippen MR) is 83.1 cm³/mol. The van der Waals surface area contributed by atoms with Gasteiger partial charge in [0.1, 0.15) is 17.4 Å². The van der Waals surface area contributed by atoms with Crippen molar-refractivity contribution >= 4 is 11.8 Å². The maximum atomic E-state index is 12.7. The van der Waals surface area contributed by atoms with Crippen molar-refractivity contribution in [1.29, 1.82) is 0 Å². The quantitative estimate of drug-likeness (QED) is 0.630. The number of carbonyl (C=O) groups is 2. The Morgan fingerprint density at radius 2 is 1.46 bits per heavy atom. The van der Waals surface area contributed by atoms with Gasteiger partial charge in [0.25, 0.3) is 5.91 Å². The first-order valence-corrected chi connectivity index (χ1v) is 7.28. The summed E-state index contributed by atoms with van der Waals surface area (Å²) in [4.78, 5) is 23.3. The Morgan fingerprint density at radius 3 is 2.08 bits per heavy atom. The molecule has 126 valence electrons. The smallest absolute Gasteiger partial charge is 0.269 e. The predicted octanol–water partition coefficient (Wildman–Crippen LogP) is 2.59. The van der Waals surface area contributed by atoms with Crippen LogP contribution in [0.1, 0.15) is 23.2 Å². The molecule has 0 fully saturated rings. The maximum absolute atomic E-state index is 12.7. The third-order valence-corrected chi connectivity index (χ3v) is 3.05. The van der Waals surface area contributed by atoms with Gasteiger partial charge in [-0.05, 0) is 55.0 Å². The van der Waals surface area contributed by atoms with E-state index in [0.717, 1.165) is 12.1 Å². The fraction of sp³-hybridized carbons (Fsp3) is 0.176. The van der Waals surface area contributed by atoms with E-state index in [1.54, 1.807) is 0 Å². The second-order valence-corrected chi connectivity index (χ2v) is 4.92. The first kappa shape index (κ1) is 17.4. The normalized spacial score (nSPS) is 10.1. The molecule has 0 aliphatic carbocycles. The average Bonchev–Trinajstić information content (AvgIpc) is 2.59. The number of hydrazine groups is 1. The number of halogens is 2. The van der Waals surface area contributed by atoms with Crippen molar-refractivity contribution < 1.29 is 23.1 Å². The van der Waals surface area contributed by atoms with Crippen LogP contribution in [0.3, 0.4) is 0 Å². The van der Waals surface area contributed by atoms with Crippen LogP contribution in [0, 0.1) is 11.6 Å². The molecule has 0 aliphatic rings. The van der Waals surface area contributed by atoms with Crippen LogP contribution in [0.2, 0.25) is 0 Å². The van der Waals surface area contributed by atoms with Crippen LogP contribution >= 0.6 is 0 Å². The fourth-order valence-corrected chi connectivity index (χ4v) is 1.82. The Balaban J connectivity index is 1.63. The van der Waals surface area contributed by atoms with Crippen LogP contribution in [0.5, 0.6) is 5.75 Å². The molecule has 0 saturated heterocycles. The second-order valence-electron chi connectivity index (χ2n) is 4.92. The van der Waals surface area contributed by atoms with E-state index in [1.165, 1.54) is 36.4 Å². The topological polar surface area (TPSA) is 67.4 Å². The van der Waals surface area contributed by atoms with Crippen molar-refractivity contribution in [2.45, 2.75) is 12.8 Å². The number of rotatable bonds is 6. The minimum atomic E-state index is -0.536. The maximum Gasteiger partial charge on any atom is 0.269 e. The van der Waals surface area contributed by atoms with Gasteiger partial charge in [-0.15, -0.1) is 0 Å². The summed E-state index contributed by atoms with van der Waals surface area (Å²) in [6, 6.07) is 10.5. The Hall–Kier alpha value is -2.96. The molecular weight excluding hydrogens is 318 g/mol. The van der Waals surface area contributed by atoms with E-state index in [0.29, 0.717) is 12.2 Å². The summed E-state index contributed by atoms with van der Waals surface area (Å²) in [5, 5.41) is 0. The monoisotopic (exact) mass is 334 g/mol. The zero-order chi connectivity index (χ0) is 17.4. The van der Waals surface area contributed by atoms with E-state index in [4.69, 9.17) is 4.74 Å². The second kappa shape index (κ2) is 8.61. The first-order chi connectivity index (χ1) is 11.5. The lowest BCUT2D eigenvalue weighted by Gasteiger charge is -2.08. The summed E-state index contributed by atoms with van der Waals surface area (Å²) >= 11 is 0. The third kappa shape index (κ3) is 5.68. The highest BCUT2D eigenvalue weighted by Crippen LogP contribution is 2.11. The lowest BCUT2D eigenvalue weighted by Crippen LogP contribution is -2.41. The third-order valence-electron chi connectivity index (χ3n) is 3.05. The number of hydrogen-bond acceptors (Lipinski definition) is 3. The van der Waals surface area contributed by atoms with Crippen LogP contribution in [0.25, 0.3) is 0 Å². The van der Waals surface area contributed by atoms with Crippen molar-refractivity contribution in [3.8, 4) is 5.75 Å². The molecule has 0 atom stereocenters. The van der Waals surface area contributed by atoms with Gasteiger partial charge in [0.2, 0.25) is 5.91 Å². The standard InChI is InChI=1S/C17H16F2N2O3/c18-13-5-3-12(4-6-13)17(23)21-20-16(22)2-1-11-24-15-9-7-14(19)8-10-15/h3-10H,1-2,11H2,(H,20,22)(H,21,23). The number of benzene rings is 2. The van der Waals surface area contributed by atoms with Gasteiger partial charge in [-0.1, -0.05) is 0 Å².